The Morgan fingerprint density at radius 1 is 1.43 bits per heavy atom. The highest BCUT2D eigenvalue weighted by Gasteiger charge is 2.30. The van der Waals surface area contributed by atoms with Crippen molar-refractivity contribution >= 4 is 28.2 Å². The van der Waals surface area contributed by atoms with Gasteiger partial charge in [0.1, 0.15) is 4.88 Å². The van der Waals surface area contributed by atoms with Crippen LogP contribution in [0.2, 0.25) is 0 Å². The summed E-state index contributed by atoms with van der Waals surface area (Å²) in [6, 6.07) is 0.470. The highest BCUT2D eigenvalue weighted by atomic mass is 32.1. The zero-order chi connectivity index (χ0) is 15.6. The molecule has 1 saturated heterocycles. The van der Waals surface area contributed by atoms with Gasteiger partial charge in [-0.25, -0.2) is 9.78 Å². The maximum atomic E-state index is 11.5. The molecule has 0 radical (unpaired) electrons. The predicted octanol–water partition coefficient (Wildman–Crippen LogP) is 1.96. The zero-order valence-electron chi connectivity index (χ0n) is 12.6. The van der Waals surface area contributed by atoms with Gasteiger partial charge in [-0.15, -0.1) is 0 Å². The Bertz CT molecular complexity index is 508. The zero-order valence-corrected chi connectivity index (χ0v) is 13.4. The Kier molecular flexibility index (Phi) is 4.95. The van der Waals surface area contributed by atoms with Crippen LogP contribution in [-0.2, 0) is 0 Å². The molecule has 0 aromatic carbocycles. The number of hydrogen-bond donors (Lipinski definition) is 1. The summed E-state index contributed by atoms with van der Waals surface area (Å²) in [7, 11) is 0. The number of carboxylic acids is 1. The highest BCUT2D eigenvalue weighted by molar-refractivity contribution is 7.17. The molecule has 2 rings (SSSR count). The number of anilines is 1. The third kappa shape index (κ3) is 3.24. The maximum absolute atomic E-state index is 11.5. The normalized spacial score (nSPS) is 18.5. The van der Waals surface area contributed by atoms with E-state index in [1.54, 1.807) is 0 Å². The summed E-state index contributed by atoms with van der Waals surface area (Å²) in [6.07, 6.45) is 1.04. The van der Waals surface area contributed by atoms with Crippen LogP contribution in [0, 0.1) is 0 Å². The number of rotatable bonds is 6. The lowest BCUT2D eigenvalue weighted by atomic mass is 10.2. The Hall–Kier alpha value is -1.47. The van der Waals surface area contributed by atoms with Crippen molar-refractivity contribution in [2.24, 2.45) is 0 Å². The summed E-state index contributed by atoms with van der Waals surface area (Å²) in [4.78, 5) is 31.6. The second-order valence-electron chi connectivity index (χ2n) is 5.15. The molecule has 1 aromatic rings. The molecule has 1 aliphatic heterocycles. The summed E-state index contributed by atoms with van der Waals surface area (Å²) in [5.74, 6) is -1.38. The number of nitrogens with zero attached hydrogens (tertiary/aromatic N) is 3. The molecular formula is C14H21N3O3S. The third-order valence-electron chi connectivity index (χ3n) is 3.90. The van der Waals surface area contributed by atoms with Crippen LogP contribution in [0.4, 0.5) is 5.13 Å². The van der Waals surface area contributed by atoms with E-state index in [1.807, 2.05) is 0 Å². The number of aromatic carboxylic acids is 1. The lowest BCUT2D eigenvalue weighted by Gasteiger charge is -2.25. The van der Waals surface area contributed by atoms with E-state index in [2.05, 4.69) is 28.6 Å². The number of hydrogen-bond acceptors (Lipinski definition) is 6. The average Bonchev–Trinajstić information content (AvgIpc) is 3.06. The third-order valence-corrected chi connectivity index (χ3v) is 5.12. The van der Waals surface area contributed by atoms with Crippen LogP contribution in [0.1, 0.15) is 47.4 Å². The van der Waals surface area contributed by atoms with Gasteiger partial charge in [-0.05, 0) is 19.5 Å². The van der Waals surface area contributed by atoms with Gasteiger partial charge in [-0.3, -0.25) is 9.69 Å². The summed E-state index contributed by atoms with van der Waals surface area (Å²) in [5.41, 5.74) is -0.117. The Labute approximate surface area is 128 Å². The van der Waals surface area contributed by atoms with Crippen molar-refractivity contribution in [2.45, 2.75) is 33.2 Å². The van der Waals surface area contributed by atoms with Crippen molar-refractivity contribution in [3.63, 3.8) is 0 Å². The van der Waals surface area contributed by atoms with Crippen LogP contribution in [0.15, 0.2) is 0 Å². The molecule has 1 aromatic heterocycles. The lowest BCUT2D eigenvalue weighted by molar-refractivity contribution is 0.0687. The molecule has 116 valence electrons. The summed E-state index contributed by atoms with van der Waals surface area (Å²) >= 11 is 1.19. The van der Waals surface area contributed by atoms with Gasteiger partial charge < -0.3 is 10.0 Å². The van der Waals surface area contributed by atoms with Crippen molar-refractivity contribution in [1.82, 2.24) is 9.88 Å². The molecule has 1 aliphatic rings. The van der Waals surface area contributed by atoms with E-state index in [0.29, 0.717) is 11.2 Å². The fraction of sp³-hybridized carbons (Fsp3) is 0.643. The first kappa shape index (κ1) is 15.9. The number of aromatic nitrogens is 1. The molecule has 7 heteroatoms. The lowest BCUT2D eigenvalue weighted by Crippen LogP contribution is -2.37. The first-order valence-electron chi connectivity index (χ1n) is 7.21. The minimum absolute atomic E-state index is 0.117. The fourth-order valence-corrected chi connectivity index (χ4v) is 3.77. The second kappa shape index (κ2) is 6.53. The van der Waals surface area contributed by atoms with Gasteiger partial charge in [0.25, 0.3) is 0 Å². The Morgan fingerprint density at radius 3 is 2.57 bits per heavy atom. The number of Topliss-reactive ketones (excluding diaryl/α,β-unsaturated/α-hetero) is 1. The first-order chi connectivity index (χ1) is 9.97. The molecule has 0 saturated carbocycles. The molecule has 0 amide bonds. The number of likely N-dealkylation sites (N-methyl/N-ethyl adjacent to an activating group) is 1. The second-order valence-corrected chi connectivity index (χ2v) is 6.12. The number of carboxylic acid groups (broad SMARTS) is 1. The first-order valence-corrected chi connectivity index (χ1v) is 8.03. The van der Waals surface area contributed by atoms with E-state index in [9.17, 15) is 9.59 Å². The molecule has 1 atom stereocenters. The standard InChI is InChI=1S/C14H21N3O3S/c1-4-16(5-2)10-6-7-17(8-10)14-15-11(13(19)20)12(21-14)9(3)18/h10H,4-8H2,1-3H3,(H,19,20). The molecule has 6 nitrogen and oxygen atoms in total. The van der Waals surface area contributed by atoms with Crippen molar-refractivity contribution in [3.8, 4) is 0 Å². The van der Waals surface area contributed by atoms with Crippen molar-refractivity contribution in [1.29, 1.82) is 0 Å². The van der Waals surface area contributed by atoms with E-state index in [1.165, 1.54) is 18.3 Å². The van der Waals surface area contributed by atoms with E-state index in [4.69, 9.17) is 5.11 Å². The minimum Gasteiger partial charge on any atom is -0.476 e. The smallest absolute Gasteiger partial charge is 0.356 e. The quantitative estimate of drug-likeness (QED) is 0.810. The van der Waals surface area contributed by atoms with Gasteiger partial charge in [-0.2, -0.15) is 0 Å². The topological polar surface area (TPSA) is 73.7 Å². The largest absolute Gasteiger partial charge is 0.476 e. The monoisotopic (exact) mass is 311 g/mol. The molecule has 0 bridgehead atoms. The van der Waals surface area contributed by atoms with Crippen LogP contribution in [0.25, 0.3) is 0 Å². The SMILES string of the molecule is CCN(CC)C1CCN(c2nc(C(=O)O)c(C(C)=O)s2)C1. The molecule has 0 aliphatic carbocycles. The van der Waals surface area contributed by atoms with Gasteiger partial charge in [0.15, 0.2) is 16.6 Å². The molecule has 1 N–H and O–H groups in total. The number of carbonyl (C=O) groups is 2. The molecule has 1 fully saturated rings. The number of ketones is 1. The van der Waals surface area contributed by atoms with Gasteiger partial charge in [-0.1, -0.05) is 25.2 Å². The van der Waals surface area contributed by atoms with Gasteiger partial charge in [0, 0.05) is 26.1 Å². The molecule has 2 heterocycles. The summed E-state index contributed by atoms with van der Waals surface area (Å²) < 4.78 is 0. The van der Waals surface area contributed by atoms with E-state index < -0.39 is 5.97 Å². The highest BCUT2D eigenvalue weighted by Crippen LogP contribution is 2.30. The van der Waals surface area contributed by atoms with Gasteiger partial charge >= 0.3 is 5.97 Å². The molecule has 21 heavy (non-hydrogen) atoms. The van der Waals surface area contributed by atoms with Crippen LogP contribution < -0.4 is 4.90 Å². The van der Waals surface area contributed by atoms with Crippen molar-refractivity contribution < 1.29 is 14.7 Å². The molecule has 0 spiro atoms. The number of thiazole rings is 1. The predicted molar refractivity (Wildman–Crippen MR) is 82.6 cm³/mol. The minimum atomic E-state index is -1.14. The van der Waals surface area contributed by atoms with Crippen LogP contribution in [-0.4, -0.2) is 59.0 Å². The molecule has 1 unspecified atom stereocenters. The Balaban J connectivity index is 2.18. The Morgan fingerprint density at radius 2 is 2.10 bits per heavy atom. The summed E-state index contributed by atoms with van der Waals surface area (Å²) in [5, 5.41) is 9.80. The van der Waals surface area contributed by atoms with Crippen LogP contribution in [0.5, 0.6) is 0 Å². The molecular weight excluding hydrogens is 290 g/mol. The average molecular weight is 311 g/mol. The van der Waals surface area contributed by atoms with Crippen LogP contribution >= 0.6 is 11.3 Å². The van der Waals surface area contributed by atoms with E-state index in [-0.39, 0.29) is 16.4 Å². The summed E-state index contributed by atoms with van der Waals surface area (Å²) in [6.45, 7) is 9.37. The van der Waals surface area contributed by atoms with Crippen molar-refractivity contribution in [2.75, 3.05) is 31.1 Å². The fourth-order valence-electron chi connectivity index (χ4n) is 2.78. The maximum Gasteiger partial charge on any atom is 0.356 e. The van der Waals surface area contributed by atoms with Gasteiger partial charge in [0.05, 0.1) is 0 Å². The van der Waals surface area contributed by atoms with E-state index in [0.717, 1.165) is 32.6 Å². The van der Waals surface area contributed by atoms with Crippen molar-refractivity contribution in [3.05, 3.63) is 10.6 Å². The number of carbonyl (C=O) groups excluding carboxylic acids is 1. The van der Waals surface area contributed by atoms with Gasteiger partial charge in [0.2, 0.25) is 0 Å². The van der Waals surface area contributed by atoms with E-state index >= 15 is 0 Å². The van der Waals surface area contributed by atoms with Crippen LogP contribution in [0.3, 0.4) is 0 Å².